The molecule has 0 spiro atoms. The van der Waals surface area contributed by atoms with E-state index in [1.807, 2.05) is 51.1 Å². The standard InChI is InChI=1S/C20H22ClNO2/c1-13-4-5-17(12-14(13)2)19(23)10-11-20(24)22-15(3)16-6-8-18(21)9-7-16/h4-9,12,15H,10-11H2,1-3H3,(H,22,24). The van der Waals surface area contributed by atoms with E-state index in [2.05, 4.69) is 5.32 Å². The van der Waals surface area contributed by atoms with Gasteiger partial charge in [0, 0.05) is 23.4 Å². The number of benzene rings is 2. The molecule has 24 heavy (non-hydrogen) atoms. The SMILES string of the molecule is Cc1ccc(C(=O)CCC(=O)NC(C)c2ccc(Cl)cc2)cc1C. The summed E-state index contributed by atoms with van der Waals surface area (Å²) in [4.78, 5) is 24.3. The topological polar surface area (TPSA) is 46.2 Å². The van der Waals surface area contributed by atoms with Crippen LogP contribution in [0.1, 0.15) is 52.9 Å². The lowest BCUT2D eigenvalue weighted by Crippen LogP contribution is -2.26. The van der Waals surface area contributed by atoms with Gasteiger partial charge >= 0.3 is 0 Å². The Balaban J connectivity index is 1.87. The molecule has 1 N–H and O–H groups in total. The van der Waals surface area contributed by atoms with Gasteiger partial charge in [-0.25, -0.2) is 0 Å². The highest BCUT2D eigenvalue weighted by molar-refractivity contribution is 6.30. The van der Waals surface area contributed by atoms with Crippen LogP contribution in [0.3, 0.4) is 0 Å². The molecule has 2 aromatic rings. The highest BCUT2D eigenvalue weighted by Crippen LogP contribution is 2.17. The van der Waals surface area contributed by atoms with Gasteiger partial charge < -0.3 is 5.32 Å². The number of aryl methyl sites for hydroxylation is 2. The summed E-state index contributed by atoms with van der Waals surface area (Å²) >= 11 is 5.86. The lowest BCUT2D eigenvalue weighted by molar-refractivity contribution is -0.121. The molecule has 0 aliphatic heterocycles. The first-order valence-corrected chi connectivity index (χ1v) is 8.40. The van der Waals surface area contributed by atoms with Gasteiger partial charge in [-0.1, -0.05) is 35.9 Å². The zero-order valence-electron chi connectivity index (χ0n) is 14.2. The monoisotopic (exact) mass is 343 g/mol. The van der Waals surface area contributed by atoms with Crippen LogP contribution in [-0.2, 0) is 4.79 Å². The van der Waals surface area contributed by atoms with Gasteiger partial charge in [-0.2, -0.15) is 0 Å². The molecule has 0 heterocycles. The summed E-state index contributed by atoms with van der Waals surface area (Å²) in [6.45, 7) is 5.90. The maximum Gasteiger partial charge on any atom is 0.220 e. The molecular formula is C20H22ClNO2. The molecule has 4 heteroatoms. The van der Waals surface area contributed by atoms with Gasteiger partial charge in [-0.05, 0) is 55.7 Å². The van der Waals surface area contributed by atoms with Crippen LogP contribution in [0.25, 0.3) is 0 Å². The van der Waals surface area contributed by atoms with Gasteiger partial charge in [0.15, 0.2) is 5.78 Å². The molecule has 0 saturated heterocycles. The largest absolute Gasteiger partial charge is 0.350 e. The molecule has 0 bridgehead atoms. The number of halogens is 1. The molecule has 126 valence electrons. The van der Waals surface area contributed by atoms with Crippen molar-refractivity contribution in [1.82, 2.24) is 5.32 Å². The van der Waals surface area contributed by atoms with Crippen molar-refractivity contribution in [2.24, 2.45) is 0 Å². The van der Waals surface area contributed by atoms with Gasteiger partial charge in [0.05, 0.1) is 6.04 Å². The molecule has 0 saturated carbocycles. The number of rotatable bonds is 6. The Morgan fingerprint density at radius 3 is 2.29 bits per heavy atom. The first kappa shape index (κ1) is 18.2. The molecule has 0 aromatic heterocycles. The van der Waals surface area contributed by atoms with Crippen molar-refractivity contribution in [2.45, 2.75) is 39.7 Å². The van der Waals surface area contributed by atoms with Crippen LogP contribution in [-0.4, -0.2) is 11.7 Å². The van der Waals surface area contributed by atoms with E-state index in [1.165, 1.54) is 0 Å². The second kappa shape index (κ2) is 8.11. The summed E-state index contributed by atoms with van der Waals surface area (Å²) in [5.74, 6) is -0.137. The van der Waals surface area contributed by atoms with E-state index < -0.39 is 0 Å². The molecule has 1 atom stereocenters. The Hall–Kier alpha value is -2.13. The Kier molecular flexibility index (Phi) is 6.16. The quantitative estimate of drug-likeness (QED) is 0.766. The van der Waals surface area contributed by atoms with Crippen LogP contribution in [0.5, 0.6) is 0 Å². The van der Waals surface area contributed by atoms with Crippen LogP contribution in [0.2, 0.25) is 5.02 Å². The summed E-state index contributed by atoms with van der Waals surface area (Å²) in [7, 11) is 0. The van der Waals surface area contributed by atoms with Crippen molar-refractivity contribution in [3.8, 4) is 0 Å². The van der Waals surface area contributed by atoms with Crippen LogP contribution in [0, 0.1) is 13.8 Å². The van der Waals surface area contributed by atoms with Gasteiger partial charge in [0.1, 0.15) is 0 Å². The Morgan fingerprint density at radius 2 is 1.67 bits per heavy atom. The molecule has 0 aliphatic rings. The van der Waals surface area contributed by atoms with Crippen LogP contribution in [0.4, 0.5) is 0 Å². The average molecular weight is 344 g/mol. The van der Waals surface area contributed by atoms with E-state index in [1.54, 1.807) is 12.1 Å². The summed E-state index contributed by atoms with van der Waals surface area (Å²) in [6.07, 6.45) is 0.394. The number of amides is 1. The predicted molar refractivity (Wildman–Crippen MR) is 97.5 cm³/mol. The molecule has 1 amide bonds. The second-order valence-corrected chi connectivity index (χ2v) is 6.50. The van der Waals surface area contributed by atoms with E-state index in [9.17, 15) is 9.59 Å². The number of ketones is 1. The Bertz CT molecular complexity index is 738. The molecule has 3 nitrogen and oxygen atoms in total. The summed E-state index contributed by atoms with van der Waals surface area (Å²) in [6, 6.07) is 12.9. The normalized spacial score (nSPS) is 11.8. The van der Waals surface area contributed by atoms with Gasteiger partial charge in [-0.3, -0.25) is 9.59 Å². The van der Waals surface area contributed by atoms with E-state index in [0.717, 1.165) is 16.7 Å². The minimum atomic E-state index is -0.130. The zero-order chi connectivity index (χ0) is 17.7. The lowest BCUT2D eigenvalue weighted by Gasteiger charge is -2.14. The van der Waals surface area contributed by atoms with Crippen molar-refractivity contribution >= 4 is 23.3 Å². The lowest BCUT2D eigenvalue weighted by atomic mass is 10.0. The molecular weight excluding hydrogens is 322 g/mol. The smallest absolute Gasteiger partial charge is 0.220 e. The highest BCUT2D eigenvalue weighted by Gasteiger charge is 2.13. The maximum atomic E-state index is 12.2. The molecule has 0 radical (unpaired) electrons. The van der Waals surface area contributed by atoms with Crippen molar-refractivity contribution in [2.75, 3.05) is 0 Å². The molecule has 2 aromatic carbocycles. The summed E-state index contributed by atoms with van der Waals surface area (Å²) < 4.78 is 0. The van der Waals surface area contributed by atoms with Crippen LogP contribution < -0.4 is 5.32 Å². The maximum absolute atomic E-state index is 12.2. The third-order valence-corrected chi connectivity index (χ3v) is 4.41. The van der Waals surface area contributed by atoms with Crippen LogP contribution >= 0.6 is 11.6 Å². The zero-order valence-corrected chi connectivity index (χ0v) is 15.0. The van der Waals surface area contributed by atoms with Crippen LogP contribution in [0.15, 0.2) is 42.5 Å². The Labute approximate surface area is 148 Å². The fraction of sp³-hybridized carbons (Fsp3) is 0.300. The number of hydrogen-bond donors (Lipinski definition) is 1. The molecule has 0 aliphatic carbocycles. The van der Waals surface area contributed by atoms with Gasteiger partial charge in [-0.15, -0.1) is 0 Å². The van der Waals surface area contributed by atoms with Crippen molar-refractivity contribution in [3.05, 3.63) is 69.7 Å². The molecule has 1 unspecified atom stereocenters. The number of nitrogens with one attached hydrogen (secondary N) is 1. The van der Waals surface area contributed by atoms with E-state index in [4.69, 9.17) is 11.6 Å². The van der Waals surface area contributed by atoms with Gasteiger partial charge in [0.25, 0.3) is 0 Å². The third-order valence-electron chi connectivity index (χ3n) is 4.16. The minimum absolute atomic E-state index is 0.00704. The molecule has 0 fully saturated rings. The number of carbonyl (C=O) groups excluding carboxylic acids is 2. The van der Waals surface area contributed by atoms with E-state index in [-0.39, 0.29) is 30.6 Å². The first-order valence-electron chi connectivity index (χ1n) is 8.02. The fourth-order valence-corrected chi connectivity index (χ4v) is 2.56. The highest BCUT2D eigenvalue weighted by atomic mass is 35.5. The number of carbonyl (C=O) groups is 2. The van der Waals surface area contributed by atoms with Gasteiger partial charge in [0.2, 0.25) is 5.91 Å². The predicted octanol–water partition coefficient (Wildman–Crippen LogP) is 4.80. The summed E-state index contributed by atoms with van der Waals surface area (Å²) in [5.41, 5.74) is 3.88. The summed E-state index contributed by atoms with van der Waals surface area (Å²) in [5, 5.41) is 3.57. The second-order valence-electron chi connectivity index (χ2n) is 6.06. The molecule has 2 rings (SSSR count). The van der Waals surface area contributed by atoms with E-state index in [0.29, 0.717) is 10.6 Å². The third kappa shape index (κ3) is 4.93. The van der Waals surface area contributed by atoms with Crippen molar-refractivity contribution in [3.63, 3.8) is 0 Å². The number of hydrogen-bond acceptors (Lipinski definition) is 2. The minimum Gasteiger partial charge on any atom is -0.350 e. The first-order chi connectivity index (χ1) is 11.4. The number of Topliss-reactive ketones (excluding diaryl/α,β-unsaturated/α-hetero) is 1. The van der Waals surface area contributed by atoms with E-state index >= 15 is 0 Å². The Morgan fingerprint density at radius 1 is 1.00 bits per heavy atom. The van der Waals surface area contributed by atoms with Crippen molar-refractivity contribution in [1.29, 1.82) is 0 Å². The average Bonchev–Trinajstić information content (AvgIpc) is 2.55. The van der Waals surface area contributed by atoms with Crippen molar-refractivity contribution < 1.29 is 9.59 Å². The fourth-order valence-electron chi connectivity index (χ4n) is 2.43.